The van der Waals surface area contributed by atoms with Gasteiger partial charge in [-0.1, -0.05) is 45.9 Å². The van der Waals surface area contributed by atoms with E-state index in [2.05, 4.69) is 51.2 Å². The fourth-order valence-corrected chi connectivity index (χ4v) is 3.02. The molecule has 0 saturated carbocycles. The van der Waals surface area contributed by atoms with Gasteiger partial charge < -0.3 is 5.32 Å². The molecule has 0 saturated heterocycles. The molecule has 1 aromatic carbocycles. The molecule has 1 nitrogen and oxygen atoms in total. The SMILES string of the molecule is CCNC1CC(C)c2ccc(CC(C)C)cc21. The molecule has 0 heterocycles. The van der Waals surface area contributed by atoms with E-state index in [1.165, 1.54) is 18.4 Å². The zero-order valence-corrected chi connectivity index (χ0v) is 11.6. The number of nitrogens with one attached hydrogen (secondary N) is 1. The van der Waals surface area contributed by atoms with Crippen molar-refractivity contribution in [2.75, 3.05) is 6.54 Å². The minimum absolute atomic E-state index is 0.581. The molecule has 0 spiro atoms. The molecule has 94 valence electrons. The zero-order valence-electron chi connectivity index (χ0n) is 11.6. The lowest BCUT2D eigenvalue weighted by Crippen LogP contribution is -2.18. The van der Waals surface area contributed by atoms with Crippen LogP contribution >= 0.6 is 0 Å². The summed E-state index contributed by atoms with van der Waals surface area (Å²) in [6, 6.07) is 7.70. The van der Waals surface area contributed by atoms with Gasteiger partial charge in [-0.25, -0.2) is 0 Å². The van der Waals surface area contributed by atoms with Crippen LogP contribution in [0.15, 0.2) is 18.2 Å². The van der Waals surface area contributed by atoms with Crippen LogP contribution in [0.3, 0.4) is 0 Å². The molecule has 0 aromatic heterocycles. The number of benzene rings is 1. The van der Waals surface area contributed by atoms with Gasteiger partial charge in [0.15, 0.2) is 0 Å². The smallest absolute Gasteiger partial charge is 0.0328 e. The Labute approximate surface area is 106 Å². The lowest BCUT2D eigenvalue weighted by molar-refractivity contribution is 0.520. The van der Waals surface area contributed by atoms with Crippen molar-refractivity contribution >= 4 is 0 Å². The lowest BCUT2D eigenvalue weighted by Gasteiger charge is -2.14. The van der Waals surface area contributed by atoms with Crippen molar-refractivity contribution < 1.29 is 0 Å². The Hall–Kier alpha value is -0.820. The van der Waals surface area contributed by atoms with Crippen molar-refractivity contribution in [1.82, 2.24) is 5.32 Å². The number of hydrogen-bond donors (Lipinski definition) is 1. The van der Waals surface area contributed by atoms with Gasteiger partial charge in [0.25, 0.3) is 0 Å². The van der Waals surface area contributed by atoms with E-state index in [1.54, 1.807) is 11.1 Å². The van der Waals surface area contributed by atoms with Crippen LogP contribution in [0, 0.1) is 5.92 Å². The van der Waals surface area contributed by atoms with E-state index in [4.69, 9.17) is 0 Å². The first kappa shape index (κ1) is 12.6. The van der Waals surface area contributed by atoms with Crippen molar-refractivity contribution in [1.29, 1.82) is 0 Å². The Bertz CT molecular complexity index is 381. The van der Waals surface area contributed by atoms with E-state index in [-0.39, 0.29) is 0 Å². The normalized spacial score (nSPS) is 23.1. The average Bonchev–Trinajstić information content (AvgIpc) is 2.55. The fourth-order valence-electron chi connectivity index (χ4n) is 3.02. The van der Waals surface area contributed by atoms with E-state index in [0.29, 0.717) is 12.0 Å². The van der Waals surface area contributed by atoms with Crippen molar-refractivity contribution in [3.8, 4) is 0 Å². The highest BCUT2D eigenvalue weighted by Gasteiger charge is 2.27. The lowest BCUT2D eigenvalue weighted by atomic mass is 9.97. The van der Waals surface area contributed by atoms with Gasteiger partial charge in [-0.2, -0.15) is 0 Å². The minimum Gasteiger partial charge on any atom is -0.310 e. The summed E-state index contributed by atoms with van der Waals surface area (Å²) in [5.74, 6) is 1.45. The van der Waals surface area contributed by atoms with Crippen molar-refractivity contribution in [2.24, 2.45) is 5.92 Å². The van der Waals surface area contributed by atoms with Gasteiger partial charge in [0.2, 0.25) is 0 Å². The van der Waals surface area contributed by atoms with Gasteiger partial charge in [0.1, 0.15) is 0 Å². The first-order chi connectivity index (χ1) is 8.11. The van der Waals surface area contributed by atoms with Gasteiger partial charge in [0.05, 0.1) is 0 Å². The quantitative estimate of drug-likeness (QED) is 0.824. The van der Waals surface area contributed by atoms with Crippen molar-refractivity contribution in [3.63, 3.8) is 0 Å². The molecule has 0 fully saturated rings. The van der Waals surface area contributed by atoms with Crippen LogP contribution < -0.4 is 5.32 Å². The summed E-state index contributed by atoms with van der Waals surface area (Å²) in [5, 5.41) is 3.61. The molecule has 0 bridgehead atoms. The van der Waals surface area contributed by atoms with Gasteiger partial charge in [-0.3, -0.25) is 0 Å². The largest absolute Gasteiger partial charge is 0.310 e. The monoisotopic (exact) mass is 231 g/mol. The Morgan fingerprint density at radius 3 is 2.71 bits per heavy atom. The Kier molecular flexibility index (Phi) is 3.88. The second-order valence-electron chi connectivity index (χ2n) is 5.81. The number of rotatable bonds is 4. The van der Waals surface area contributed by atoms with Crippen molar-refractivity contribution in [2.45, 2.75) is 52.5 Å². The Balaban J connectivity index is 2.26. The predicted octanol–water partition coefficient (Wildman–Crippen LogP) is 4.04. The summed E-state index contributed by atoms with van der Waals surface area (Å²) in [7, 11) is 0. The predicted molar refractivity (Wildman–Crippen MR) is 74.4 cm³/mol. The highest BCUT2D eigenvalue weighted by molar-refractivity contribution is 5.40. The number of fused-ring (bicyclic) bond motifs is 1. The Morgan fingerprint density at radius 2 is 2.06 bits per heavy atom. The molecule has 0 amide bonds. The summed E-state index contributed by atoms with van der Waals surface area (Å²) in [4.78, 5) is 0. The molecule has 2 unspecified atom stereocenters. The van der Waals surface area contributed by atoms with E-state index >= 15 is 0 Å². The molecule has 2 atom stereocenters. The summed E-state index contributed by atoms with van der Waals surface area (Å²) in [5.41, 5.74) is 4.61. The van der Waals surface area contributed by atoms with E-state index < -0.39 is 0 Å². The maximum atomic E-state index is 3.61. The first-order valence-corrected chi connectivity index (χ1v) is 6.98. The third kappa shape index (κ3) is 2.71. The summed E-state index contributed by atoms with van der Waals surface area (Å²) in [6.07, 6.45) is 2.45. The highest BCUT2D eigenvalue weighted by Crippen LogP contribution is 2.40. The molecule has 1 aliphatic rings. The minimum atomic E-state index is 0.581. The van der Waals surface area contributed by atoms with Crippen LogP contribution in [-0.2, 0) is 6.42 Å². The van der Waals surface area contributed by atoms with Crippen LogP contribution in [0.5, 0.6) is 0 Å². The molecule has 1 heteroatoms. The molecule has 0 aliphatic heterocycles. The molecular formula is C16H25N. The topological polar surface area (TPSA) is 12.0 Å². The van der Waals surface area contributed by atoms with E-state index in [1.807, 2.05) is 0 Å². The standard InChI is InChI=1S/C16H25N/c1-5-17-16-9-12(4)14-7-6-13(8-11(2)3)10-15(14)16/h6-7,10-12,16-17H,5,8-9H2,1-4H3. The maximum Gasteiger partial charge on any atom is 0.0328 e. The molecule has 0 radical (unpaired) electrons. The molecule has 1 aliphatic carbocycles. The Morgan fingerprint density at radius 1 is 1.29 bits per heavy atom. The van der Waals surface area contributed by atoms with Crippen molar-refractivity contribution in [3.05, 3.63) is 34.9 Å². The summed E-state index contributed by atoms with van der Waals surface area (Å²) < 4.78 is 0. The summed E-state index contributed by atoms with van der Waals surface area (Å²) >= 11 is 0. The highest BCUT2D eigenvalue weighted by atomic mass is 14.9. The van der Waals surface area contributed by atoms with Gasteiger partial charge in [0, 0.05) is 6.04 Å². The second kappa shape index (κ2) is 5.22. The summed E-state index contributed by atoms with van der Waals surface area (Å²) in [6.45, 7) is 10.2. The zero-order chi connectivity index (χ0) is 12.4. The van der Waals surface area contributed by atoms with E-state index in [0.717, 1.165) is 12.5 Å². The van der Waals surface area contributed by atoms with Crippen LogP contribution in [-0.4, -0.2) is 6.54 Å². The van der Waals surface area contributed by atoms with Crippen LogP contribution in [0.4, 0.5) is 0 Å². The van der Waals surface area contributed by atoms with Gasteiger partial charge >= 0.3 is 0 Å². The molecular weight excluding hydrogens is 206 g/mol. The second-order valence-corrected chi connectivity index (χ2v) is 5.81. The molecule has 17 heavy (non-hydrogen) atoms. The van der Waals surface area contributed by atoms with Gasteiger partial charge in [-0.15, -0.1) is 0 Å². The third-order valence-electron chi connectivity index (χ3n) is 3.74. The van der Waals surface area contributed by atoms with Crippen LogP contribution in [0.25, 0.3) is 0 Å². The molecule has 1 aromatic rings. The average molecular weight is 231 g/mol. The number of hydrogen-bond acceptors (Lipinski definition) is 1. The fraction of sp³-hybridized carbons (Fsp3) is 0.625. The van der Waals surface area contributed by atoms with Crippen LogP contribution in [0.1, 0.15) is 62.8 Å². The first-order valence-electron chi connectivity index (χ1n) is 6.98. The third-order valence-corrected chi connectivity index (χ3v) is 3.74. The van der Waals surface area contributed by atoms with Gasteiger partial charge in [-0.05, 0) is 47.9 Å². The maximum absolute atomic E-state index is 3.61. The van der Waals surface area contributed by atoms with Crippen LogP contribution in [0.2, 0.25) is 0 Å². The molecule has 2 rings (SSSR count). The van der Waals surface area contributed by atoms with E-state index in [9.17, 15) is 0 Å². The molecule has 1 N–H and O–H groups in total.